The largest absolute Gasteiger partial charge is 0.505 e. The van der Waals surface area contributed by atoms with Crippen LogP contribution in [0.1, 0.15) is 52.8 Å². The van der Waals surface area contributed by atoms with E-state index in [0.717, 1.165) is 0 Å². The first kappa shape index (κ1) is 27.3. The molecule has 0 spiro atoms. The van der Waals surface area contributed by atoms with Gasteiger partial charge in [-0.3, -0.25) is 9.20 Å². The molecule has 2 atom stereocenters. The Kier molecular flexibility index (Phi) is 7.85. The molecule has 0 bridgehead atoms. The number of nitrogens with zero attached hydrogens (tertiary/aromatic N) is 2. The number of nitrogens with one attached hydrogen (secondary N) is 2. The molecule has 1 aromatic carbocycles. The molecule has 1 unspecified atom stereocenters. The highest BCUT2D eigenvalue weighted by Crippen LogP contribution is 2.38. The number of furan rings is 1. The number of phenolic OH excluding ortho intramolecular Hbond substituents is 1. The van der Waals surface area contributed by atoms with Crippen molar-refractivity contribution in [3.63, 3.8) is 0 Å². The quantitative estimate of drug-likeness (QED) is 0.267. The van der Waals surface area contributed by atoms with Gasteiger partial charge in [0.15, 0.2) is 17.4 Å². The van der Waals surface area contributed by atoms with Crippen molar-refractivity contribution >= 4 is 43.0 Å². The van der Waals surface area contributed by atoms with Crippen LogP contribution >= 0.6 is 0 Å². The molecule has 0 aliphatic carbocycles. The van der Waals surface area contributed by atoms with Crippen LogP contribution in [0.5, 0.6) is 5.75 Å². The normalized spacial score (nSPS) is 19.6. The summed E-state index contributed by atoms with van der Waals surface area (Å²) in [6.07, 6.45) is 7.40. The summed E-state index contributed by atoms with van der Waals surface area (Å²) in [5.74, 6) is 3.97. The molecule has 0 radical (unpaired) electrons. The minimum atomic E-state index is -4.06. The number of rotatable bonds is 7. The highest BCUT2D eigenvalue weighted by molar-refractivity contribution is 8.04. The lowest BCUT2D eigenvalue weighted by Crippen LogP contribution is -2.32. The summed E-state index contributed by atoms with van der Waals surface area (Å²) in [5, 5.41) is 13.9. The molecule has 1 aliphatic rings. The van der Waals surface area contributed by atoms with Crippen LogP contribution in [0.15, 0.2) is 78.4 Å². The third-order valence-corrected chi connectivity index (χ3v) is 8.26. The van der Waals surface area contributed by atoms with E-state index in [0.29, 0.717) is 17.1 Å². The van der Waals surface area contributed by atoms with E-state index < -0.39 is 31.2 Å². The molecule has 0 saturated carbocycles. The molecule has 11 heteroatoms. The van der Waals surface area contributed by atoms with Gasteiger partial charge in [0, 0.05) is 14.4 Å². The molecule has 3 N–H and O–H groups in total. The standard InChI is InChI=1S/C25H32N4O5S2/c1-7-11-17(12-8-2)35(6,31)20-15-9-13-18(21(20)30)26-23-24(29-36(32,33)28-23)27-22(25(3,4)5)19-14-10-16-34-19/h7,9-16,22,30H,6,8H2,1-5H3,(H,26,28)(H,27,29)/b11-7-,17-12+/t22-,35?/m0/s1. The van der Waals surface area contributed by atoms with Crippen molar-refractivity contribution in [1.82, 2.24) is 4.72 Å². The third kappa shape index (κ3) is 5.90. The Morgan fingerprint density at radius 3 is 2.64 bits per heavy atom. The van der Waals surface area contributed by atoms with Crippen LogP contribution < -0.4 is 10.0 Å². The summed E-state index contributed by atoms with van der Waals surface area (Å²) in [7, 11) is -7.11. The molecular formula is C25H32N4O5S2. The number of phenols is 1. The summed E-state index contributed by atoms with van der Waals surface area (Å²) in [4.78, 5) is 5.21. The van der Waals surface area contributed by atoms with Crippen molar-refractivity contribution in [3.8, 4) is 5.75 Å². The third-order valence-electron chi connectivity index (χ3n) is 5.28. The Hall–Kier alpha value is -3.31. The minimum Gasteiger partial charge on any atom is -0.505 e. The van der Waals surface area contributed by atoms with Crippen molar-refractivity contribution < 1.29 is 22.2 Å². The van der Waals surface area contributed by atoms with Crippen LogP contribution in [0.2, 0.25) is 0 Å². The van der Waals surface area contributed by atoms with Crippen molar-refractivity contribution in [3.05, 3.63) is 65.5 Å². The van der Waals surface area contributed by atoms with Gasteiger partial charge in [-0.05, 0) is 48.9 Å². The molecule has 0 amide bonds. The molecule has 0 saturated heterocycles. The topological polar surface area (TPSA) is 133 Å². The fraction of sp³-hybridized carbons (Fsp3) is 0.320. The summed E-state index contributed by atoms with van der Waals surface area (Å²) in [6, 6.07) is 7.60. The minimum absolute atomic E-state index is 0.0352. The Labute approximate surface area is 212 Å². The highest BCUT2D eigenvalue weighted by Gasteiger charge is 2.33. The van der Waals surface area contributed by atoms with E-state index in [9.17, 15) is 17.7 Å². The lowest BCUT2D eigenvalue weighted by Gasteiger charge is -2.26. The number of hydrogen-bond acceptors (Lipinski definition) is 7. The van der Waals surface area contributed by atoms with E-state index in [4.69, 9.17) is 4.42 Å². The Bertz CT molecular complexity index is 1440. The lowest BCUT2D eigenvalue weighted by molar-refractivity contribution is 0.287. The zero-order valence-electron chi connectivity index (χ0n) is 21.0. The fourth-order valence-corrected chi connectivity index (χ4v) is 6.19. The number of allylic oxidation sites excluding steroid dienone is 3. The number of amidine groups is 2. The molecule has 0 fully saturated rings. The molecule has 1 aromatic heterocycles. The number of para-hydroxylation sites is 1. The van der Waals surface area contributed by atoms with Gasteiger partial charge >= 0.3 is 10.2 Å². The monoisotopic (exact) mass is 532 g/mol. The summed E-state index contributed by atoms with van der Waals surface area (Å²) < 4.78 is 49.9. The zero-order valence-corrected chi connectivity index (χ0v) is 22.6. The van der Waals surface area contributed by atoms with Crippen molar-refractivity contribution in [2.24, 2.45) is 14.8 Å². The van der Waals surface area contributed by atoms with E-state index in [2.05, 4.69) is 25.3 Å². The number of aromatic hydroxyl groups is 1. The van der Waals surface area contributed by atoms with Crippen molar-refractivity contribution in [1.29, 1.82) is 0 Å². The summed E-state index contributed by atoms with van der Waals surface area (Å²) in [5.41, 5.74) is -0.309. The SMILES string of the molecule is C=S(=O)(C(/C=C\C)=C/CC)c1cccc(NC2=NS(=O)(=O)NC2=N[C@@H](c2ccco2)C(C)(C)C)c1O. The highest BCUT2D eigenvalue weighted by atomic mass is 32.2. The van der Waals surface area contributed by atoms with Gasteiger partial charge in [-0.1, -0.05) is 52.0 Å². The van der Waals surface area contributed by atoms with Crippen LogP contribution in [0, 0.1) is 5.41 Å². The van der Waals surface area contributed by atoms with Gasteiger partial charge in [-0.2, -0.15) is 8.42 Å². The maximum absolute atomic E-state index is 13.6. The number of aliphatic imine (C=N–C) groups is 1. The number of benzene rings is 1. The molecule has 2 aromatic rings. The molecule has 2 heterocycles. The maximum atomic E-state index is 13.6. The fourth-order valence-electron chi connectivity index (χ4n) is 3.61. The molecule has 194 valence electrons. The number of anilines is 1. The van der Waals surface area contributed by atoms with E-state index in [1.54, 1.807) is 43.4 Å². The molecule has 1 aliphatic heterocycles. The Balaban J connectivity index is 2.06. The van der Waals surface area contributed by atoms with Gasteiger partial charge in [0.2, 0.25) is 0 Å². The van der Waals surface area contributed by atoms with Crippen molar-refractivity contribution in [2.75, 3.05) is 5.32 Å². The van der Waals surface area contributed by atoms with E-state index >= 15 is 0 Å². The van der Waals surface area contributed by atoms with Crippen LogP contribution in [0.25, 0.3) is 0 Å². The first-order chi connectivity index (χ1) is 16.8. The maximum Gasteiger partial charge on any atom is 0.345 e. The van der Waals surface area contributed by atoms with Gasteiger partial charge in [0.1, 0.15) is 11.8 Å². The summed E-state index contributed by atoms with van der Waals surface area (Å²) >= 11 is 0. The number of hydrogen-bond donors (Lipinski definition) is 3. The molecular weight excluding hydrogens is 500 g/mol. The van der Waals surface area contributed by atoms with Crippen LogP contribution in [-0.4, -0.2) is 35.3 Å². The first-order valence-electron chi connectivity index (χ1n) is 11.3. The van der Waals surface area contributed by atoms with Crippen molar-refractivity contribution in [2.45, 2.75) is 52.0 Å². The molecule has 3 rings (SSSR count). The predicted octanol–water partition coefficient (Wildman–Crippen LogP) is 4.77. The predicted molar refractivity (Wildman–Crippen MR) is 146 cm³/mol. The van der Waals surface area contributed by atoms with E-state index in [-0.39, 0.29) is 28.0 Å². The Morgan fingerprint density at radius 2 is 2.06 bits per heavy atom. The average Bonchev–Trinajstić information content (AvgIpc) is 3.39. The second kappa shape index (κ2) is 10.4. The van der Waals surface area contributed by atoms with Gasteiger partial charge in [-0.15, -0.1) is 4.40 Å². The molecule has 36 heavy (non-hydrogen) atoms. The van der Waals surface area contributed by atoms with Gasteiger partial charge in [-0.25, -0.2) is 4.72 Å². The second-order valence-electron chi connectivity index (χ2n) is 9.25. The summed E-state index contributed by atoms with van der Waals surface area (Å²) in [6.45, 7) is 9.56. The smallest absolute Gasteiger partial charge is 0.345 e. The Morgan fingerprint density at radius 1 is 1.33 bits per heavy atom. The average molecular weight is 533 g/mol. The zero-order chi connectivity index (χ0) is 26.7. The lowest BCUT2D eigenvalue weighted by atomic mass is 9.85. The van der Waals surface area contributed by atoms with E-state index in [1.165, 1.54) is 18.4 Å². The van der Waals surface area contributed by atoms with Gasteiger partial charge in [0.05, 0.1) is 16.8 Å². The van der Waals surface area contributed by atoms with Crippen LogP contribution in [0.4, 0.5) is 5.69 Å². The molecule has 9 nitrogen and oxygen atoms in total. The van der Waals surface area contributed by atoms with E-state index in [1.807, 2.05) is 27.7 Å². The van der Waals surface area contributed by atoms with Crippen LogP contribution in [-0.2, 0) is 19.7 Å². The van der Waals surface area contributed by atoms with Crippen LogP contribution in [0.3, 0.4) is 0 Å². The second-order valence-corrected chi connectivity index (χ2v) is 12.8. The van der Waals surface area contributed by atoms with Gasteiger partial charge < -0.3 is 14.8 Å². The first-order valence-corrected chi connectivity index (χ1v) is 14.5. The van der Waals surface area contributed by atoms with Gasteiger partial charge in [0.25, 0.3) is 0 Å².